The summed E-state index contributed by atoms with van der Waals surface area (Å²) in [5, 5.41) is 0. The quantitative estimate of drug-likeness (QED) is 0.436. The molecule has 1 saturated heterocycles. The fourth-order valence-electron chi connectivity index (χ4n) is 0.641. The Hall–Kier alpha value is -0.900. The van der Waals surface area contributed by atoms with E-state index in [9.17, 15) is 9.59 Å². The van der Waals surface area contributed by atoms with Gasteiger partial charge in [0.2, 0.25) is 5.91 Å². The van der Waals surface area contributed by atoms with Crippen LogP contribution in [0.15, 0.2) is 0 Å². The zero-order valence-corrected chi connectivity index (χ0v) is 5.09. The fourth-order valence-corrected chi connectivity index (χ4v) is 0.641. The lowest BCUT2D eigenvalue weighted by Crippen LogP contribution is -2.30. The van der Waals surface area contributed by atoms with E-state index in [1.807, 2.05) is 0 Å². The van der Waals surface area contributed by atoms with Crippen LogP contribution in [0.25, 0.3) is 0 Å². The number of imide groups is 1. The summed E-state index contributed by atoms with van der Waals surface area (Å²) in [7, 11) is 0. The van der Waals surface area contributed by atoms with Gasteiger partial charge in [-0.2, -0.15) is 0 Å². The molecule has 0 unspecified atom stereocenters. The van der Waals surface area contributed by atoms with E-state index in [0.29, 0.717) is 0 Å². The first-order chi connectivity index (χ1) is 4.22. The Kier molecular flexibility index (Phi) is 1.48. The first-order valence-corrected chi connectivity index (χ1v) is 2.60. The molecule has 1 aliphatic heterocycles. The van der Waals surface area contributed by atoms with Crippen molar-refractivity contribution in [1.29, 1.82) is 0 Å². The lowest BCUT2D eigenvalue weighted by atomic mass is 10.5. The smallest absolute Gasteiger partial charge is 0.257 e. The summed E-state index contributed by atoms with van der Waals surface area (Å²) >= 11 is 0. The van der Waals surface area contributed by atoms with Crippen LogP contribution in [0.2, 0.25) is 0 Å². The minimum absolute atomic E-state index is 0.0413. The molecule has 0 aromatic carbocycles. The lowest BCUT2D eigenvalue weighted by Gasteiger charge is -2.05. The highest BCUT2D eigenvalue weighted by atomic mass is 16.5. The summed E-state index contributed by atoms with van der Waals surface area (Å²) in [6, 6.07) is 0. The summed E-state index contributed by atoms with van der Waals surface area (Å²) in [6.07, 6.45) is 0. The van der Waals surface area contributed by atoms with Gasteiger partial charge in [0.05, 0.1) is 0 Å². The van der Waals surface area contributed by atoms with Crippen LogP contribution in [0.5, 0.6) is 0 Å². The van der Waals surface area contributed by atoms with E-state index in [2.05, 4.69) is 4.74 Å². The van der Waals surface area contributed by atoms with Crippen molar-refractivity contribution in [2.45, 2.75) is 6.92 Å². The number of hydrogen-bond acceptors (Lipinski definition) is 3. The van der Waals surface area contributed by atoms with Gasteiger partial charge in [-0.15, -0.1) is 0 Å². The van der Waals surface area contributed by atoms with Crippen LogP contribution in [0, 0.1) is 0 Å². The molecule has 0 saturated carbocycles. The second-order valence-corrected chi connectivity index (χ2v) is 1.82. The Labute approximate surface area is 52.4 Å². The van der Waals surface area contributed by atoms with Gasteiger partial charge in [0, 0.05) is 6.92 Å². The summed E-state index contributed by atoms with van der Waals surface area (Å²) < 4.78 is 4.69. The van der Waals surface area contributed by atoms with Gasteiger partial charge in [-0.25, -0.2) is 0 Å². The van der Waals surface area contributed by atoms with E-state index in [1.54, 1.807) is 0 Å². The molecule has 0 spiro atoms. The van der Waals surface area contributed by atoms with E-state index in [0.717, 1.165) is 4.90 Å². The van der Waals surface area contributed by atoms with E-state index in [1.165, 1.54) is 6.92 Å². The Morgan fingerprint density at radius 1 is 1.78 bits per heavy atom. The van der Waals surface area contributed by atoms with Crippen LogP contribution in [0.1, 0.15) is 6.92 Å². The van der Waals surface area contributed by atoms with Gasteiger partial charge in [-0.1, -0.05) is 0 Å². The summed E-state index contributed by atoms with van der Waals surface area (Å²) in [5.41, 5.74) is 0. The van der Waals surface area contributed by atoms with Crippen molar-refractivity contribution < 1.29 is 14.3 Å². The molecule has 4 heteroatoms. The molecular formula is C5H7NO3. The molecule has 0 radical (unpaired) electrons. The topological polar surface area (TPSA) is 46.6 Å². The van der Waals surface area contributed by atoms with Crippen molar-refractivity contribution in [2.75, 3.05) is 13.3 Å². The van der Waals surface area contributed by atoms with E-state index in [4.69, 9.17) is 0 Å². The minimum Gasteiger partial charge on any atom is -0.351 e. The molecule has 0 aliphatic carbocycles. The molecule has 4 nitrogen and oxygen atoms in total. The minimum atomic E-state index is -0.252. The van der Waals surface area contributed by atoms with E-state index in [-0.39, 0.29) is 25.2 Å². The van der Waals surface area contributed by atoms with Crippen LogP contribution in [0.3, 0.4) is 0 Å². The molecule has 9 heavy (non-hydrogen) atoms. The van der Waals surface area contributed by atoms with Crippen LogP contribution in [-0.4, -0.2) is 30.1 Å². The van der Waals surface area contributed by atoms with Crippen LogP contribution < -0.4 is 0 Å². The molecular weight excluding hydrogens is 122 g/mol. The zero-order chi connectivity index (χ0) is 6.85. The first-order valence-electron chi connectivity index (χ1n) is 2.60. The van der Waals surface area contributed by atoms with Crippen LogP contribution in [-0.2, 0) is 14.3 Å². The molecule has 0 atom stereocenters. The molecule has 1 aliphatic rings. The lowest BCUT2D eigenvalue weighted by molar-refractivity contribution is -0.139. The standard InChI is InChI=1S/C5H7NO3/c1-4(7)6-3-9-2-5(6)8/h2-3H2,1H3. The van der Waals surface area contributed by atoms with Gasteiger partial charge in [-0.05, 0) is 0 Å². The van der Waals surface area contributed by atoms with Crippen molar-refractivity contribution in [2.24, 2.45) is 0 Å². The Balaban J connectivity index is 2.60. The highest BCUT2D eigenvalue weighted by molar-refractivity contribution is 5.95. The zero-order valence-electron chi connectivity index (χ0n) is 5.09. The molecule has 0 aromatic rings. The van der Waals surface area contributed by atoms with Gasteiger partial charge >= 0.3 is 0 Å². The van der Waals surface area contributed by atoms with Crippen LogP contribution >= 0.6 is 0 Å². The normalized spacial score (nSPS) is 18.8. The molecule has 1 rings (SSSR count). The molecule has 0 aromatic heterocycles. The first kappa shape index (κ1) is 6.22. The third-order valence-electron chi connectivity index (χ3n) is 1.13. The summed E-state index contributed by atoms with van der Waals surface area (Å²) in [4.78, 5) is 22.1. The average Bonchev–Trinajstić information content (AvgIpc) is 2.13. The maximum Gasteiger partial charge on any atom is 0.257 e. The predicted molar refractivity (Wildman–Crippen MR) is 28.3 cm³/mol. The largest absolute Gasteiger partial charge is 0.351 e. The third kappa shape index (κ3) is 1.08. The molecule has 1 fully saturated rings. The van der Waals surface area contributed by atoms with Crippen molar-refractivity contribution >= 4 is 11.8 Å². The Morgan fingerprint density at radius 3 is 2.67 bits per heavy atom. The summed E-state index contributed by atoms with van der Waals surface area (Å²) in [6.45, 7) is 1.50. The highest BCUT2D eigenvalue weighted by Gasteiger charge is 2.23. The monoisotopic (exact) mass is 129 g/mol. The molecule has 0 N–H and O–H groups in total. The number of carbonyl (C=O) groups is 2. The fraction of sp³-hybridized carbons (Fsp3) is 0.600. The SMILES string of the molecule is CC(=O)N1COCC1=O. The average molecular weight is 129 g/mol. The number of rotatable bonds is 0. The number of amides is 2. The maximum atomic E-state index is 10.6. The maximum absolute atomic E-state index is 10.6. The van der Waals surface area contributed by atoms with Gasteiger partial charge in [0.1, 0.15) is 13.3 Å². The highest BCUT2D eigenvalue weighted by Crippen LogP contribution is 1.99. The molecule has 2 amide bonds. The van der Waals surface area contributed by atoms with Gasteiger partial charge in [-0.3, -0.25) is 14.5 Å². The molecule has 0 bridgehead atoms. The number of nitrogens with zero attached hydrogens (tertiary/aromatic N) is 1. The van der Waals surface area contributed by atoms with Gasteiger partial charge in [0.25, 0.3) is 5.91 Å². The molecule has 50 valence electrons. The van der Waals surface area contributed by atoms with Gasteiger partial charge in [0.15, 0.2) is 0 Å². The summed E-state index contributed by atoms with van der Waals surface area (Å²) in [5.74, 6) is -0.500. The van der Waals surface area contributed by atoms with E-state index < -0.39 is 0 Å². The van der Waals surface area contributed by atoms with Gasteiger partial charge < -0.3 is 4.74 Å². The third-order valence-corrected chi connectivity index (χ3v) is 1.13. The predicted octanol–water partition coefficient (Wildman–Crippen LogP) is -0.651. The van der Waals surface area contributed by atoms with Crippen molar-refractivity contribution in [3.8, 4) is 0 Å². The van der Waals surface area contributed by atoms with Crippen LogP contribution in [0.4, 0.5) is 0 Å². The second-order valence-electron chi connectivity index (χ2n) is 1.82. The molecule has 1 heterocycles. The second kappa shape index (κ2) is 2.14. The number of carbonyl (C=O) groups excluding carboxylic acids is 2. The van der Waals surface area contributed by atoms with Crippen molar-refractivity contribution in [3.63, 3.8) is 0 Å². The van der Waals surface area contributed by atoms with Crippen molar-refractivity contribution in [1.82, 2.24) is 4.90 Å². The Bertz CT molecular complexity index is 154. The van der Waals surface area contributed by atoms with E-state index >= 15 is 0 Å². The van der Waals surface area contributed by atoms with Crippen molar-refractivity contribution in [3.05, 3.63) is 0 Å². The Morgan fingerprint density at radius 2 is 2.44 bits per heavy atom. The number of hydrogen-bond donors (Lipinski definition) is 0. The number of ether oxygens (including phenoxy) is 1.